The normalized spacial score (nSPS) is 16.4. The molecule has 1 aliphatic rings. The fraction of sp³-hybridized carbons (Fsp3) is 0.333. The summed E-state index contributed by atoms with van der Waals surface area (Å²) in [6.07, 6.45) is 5.52. The van der Waals surface area contributed by atoms with Crippen molar-refractivity contribution in [2.45, 2.75) is 18.9 Å². The van der Waals surface area contributed by atoms with Gasteiger partial charge < -0.3 is 15.0 Å². The number of carbonyl (C=O) groups excluding carboxylic acids is 1. The van der Waals surface area contributed by atoms with Crippen LogP contribution < -0.4 is 10.1 Å². The average molecular weight is 384 g/mol. The van der Waals surface area contributed by atoms with Crippen molar-refractivity contribution in [2.24, 2.45) is 0 Å². The third-order valence-electron chi connectivity index (χ3n) is 4.09. The molecule has 7 heteroatoms. The van der Waals surface area contributed by atoms with Crippen LogP contribution in [0.15, 0.2) is 48.8 Å². The zero-order valence-electron chi connectivity index (χ0n) is 14.1. The molecule has 1 atom stereocenters. The monoisotopic (exact) mass is 383 g/mol. The number of benzene rings is 1. The minimum Gasteiger partial charge on any atom is -0.456 e. The van der Waals surface area contributed by atoms with Gasteiger partial charge in [-0.15, -0.1) is 24.8 Å². The van der Waals surface area contributed by atoms with Crippen LogP contribution in [0, 0.1) is 0 Å². The molecule has 3 rings (SSSR count). The van der Waals surface area contributed by atoms with Gasteiger partial charge in [0.25, 0.3) is 5.91 Å². The van der Waals surface area contributed by atoms with E-state index >= 15 is 0 Å². The summed E-state index contributed by atoms with van der Waals surface area (Å²) in [4.78, 5) is 18.5. The molecule has 1 aromatic heterocycles. The Bertz CT molecular complexity index is 653. The second kappa shape index (κ2) is 10.2. The lowest BCUT2D eigenvalue weighted by Gasteiger charge is -2.32. The summed E-state index contributed by atoms with van der Waals surface area (Å²) >= 11 is 0. The van der Waals surface area contributed by atoms with Crippen LogP contribution in [0.1, 0.15) is 23.2 Å². The molecule has 0 aliphatic carbocycles. The summed E-state index contributed by atoms with van der Waals surface area (Å²) in [6.45, 7) is 1.59. The Morgan fingerprint density at radius 3 is 2.60 bits per heavy atom. The van der Waals surface area contributed by atoms with Crippen molar-refractivity contribution in [1.82, 2.24) is 15.2 Å². The lowest BCUT2D eigenvalue weighted by atomic mass is 10.0. The molecule has 0 saturated carbocycles. The third-order valence-corrected chi connectivity index (χ3v) is 4.09. The van der Waals surface area contributed by atoms with Gasteiger partial charge >= 0.3 is 0 Å². The molecule has 1 aliphatic heterocycles. The first kappa shape index (κ1) is 21.2. The lowest BCUT2D eigenvalue weighted by molar-refractivity contribution is 0.0698. The van der Waals surface area contributed by atoms with E-state index in [2.05, 4.69) is 10.3 Å². The Labute approximate surface area is 160 Å². The molecule has 1 saturated heterocycles. The van der Waals surface area contributed by atoms with Crippen LogP contribution in [0.5, 0.6) is 11.5 Å². The number of carbonyl (C=O) groups is 1. The number of nitrogens with one attached hydrogen (secondary N) is 1. The molecule has 1 amide bonds. The minimum absolute atomic E-state index is 0. The summed E-state index contributed by atoms with van der Waals surface area (Å²) in [6, 6.07) is 11.3. The number of hydrogen-bond acceptors (Lipinski definition) is 4. The number of hydrogen-bond donors (Lipinski definition) is 1. The smallest absolute Gasteiger partial charge is 0.253 e. The maximum atomic E-state index is 12.6. The second-order valence-corrected chi connectivity index (χ2v) is 5.69. The number of aromatic nitrogens is 1. The van der Waals surface area contributed by atoms with Crippen molar-refractivity contribution in [3.8, 4) is 11.5 Å². The first-order valence-corrected chi connectivity index (χ1v) is 7.91. The van der Waals surface area contributed by atoms with Gasteiger partial charge in [-0.1, -0.05) is 0 Å². The number of amides is 1. The van der Waals surface area contributed by atoms with E-state index in [9.17, 15) is 4.79 Å². The van der Waals surface area contributed by atoms with Crippen LogP contribution in [0.4, 0.5) is 0 Å². The van der Waals surface area contributed by atoms with Gasteiger partial charge in [0, 0.05) is 30.9 Å². The summed E-state index contributed by atoms with van der Waals surface area (Å²) in [7, 11) is 1.95. The maximum Gasteiger partial charge on any atom is 0.253 e. The van der Waals surface area contributed by atoms with Crippen molar-refractivity contribution < 1.29 is 9.53 Å². The topological polar surface area (TPSA) is 54.5 Å². The first-order valence-electron chi connectivity index (χ1n) is 7.91. The molecule has 25 heavy (non-hydrogen) atoms. The van der Waals surface area contributed by atoms with E-state index in [4.69, 9.17) is 4.74 Å². The van der Waals surface area contributed by atoms with Crippen LogP contribution in [0.3, 0.4) is 0 Å². The molecular weight excluding hydrogens is 361 g/mol. The molecule has 1 fully saturated rings. The summed E-state index contributed by atoms with van der Waals surface area (Å²) in [5, 5.41) is 3.26. The largest absolute Gasteiger partial charge is 0.456 e. The number of likely N-dealkylation sites (tertiary alicyclic amines) is 1. The van der Waals surface area contributed by atoms with Gasteiger partial charge in [-0.05, 0) is 56.3 Å². The van der Waals surface area contributed by atoms with Gasteiger partial charge in [-0.2, -0.15) is 0 Å². The highest BCUT2D eigenvalue weighted by Crippen LogP contribution is 2.21. The minimum atomic E-state index is 0. The molecule has 1 N–H and O–H groups in total. The lowest BCUT2D eigenvalue weighted by Crippen LogP contribution is -2.46. The van der Waals surface area contributed by atoms with E-state index in [1.165, 1.54) is 0 Å². The highest BCUT2D eigenvalue weighted by atomic mass is 35.5. The number of piperidine rings is 1. The Balaban J connectivity index is 0.00000156. The molecule has 1 unspecified atom stereocenters. The molecular formula is C18H23Cl2N3O2. The van der Waals surface area contributed by atoms with Crippen molar-refractivity contribution in [1.29, 1.82) is 0 Å². The molecule has 5 nitrogen and oxygen atoms in total. The Kier molecular flexibility index (Phi) is 8.69. The van der Waals surface area contributed by atoms with Gasteiger partial charge in [0.15, 0.2) is 0 Å². The summed E-state index contributed by atoms with van der Waals surface area (Å²) in [5.74, 6) is 1.46. The van der Waals surface area contributed by atoms with Gasteiger partial charge in [0.05, 0.1) is 6.20 Å². The Morgan fingerprint density at radius 2 is 1.96 bits per heavy atom. The average Bonchev–Trinajstić information content (AvgIpc) is 2.63. The first-order chi connectivity index (χ1) is 11.3. The highest BCUT2D eigenvalue weighted by molar-refractivity contribution is 5.94. The molecule has 2 heterocycles. The number of nitrogens with zero attached hydrogens (tertiary/aromatic N) is 2. The van der Waals surface area contributed by atoms with E-state index in [1.807, 2.05) is 48.3 Å². The standard InChI is InChI=1S/C18H21N3O2.2ClH/c1-19-15-4-3-11-21(13-15)18(22)14-6-8-16(9-7-14)23-17-5-2-10-20-12-17;;/h2,5-10,12,15,19H,3-4,11,13H2,1H3;2*1H. The van der Waals surface area contributed by atoms with Crippen LogP contribution in [0.25, 0.3) is 0 Å². The fourth-order valence-electron chi connectivity index (χ4n) is 2.79. The van der Waals surface area contributed by atoms with Crippen molar-refractivity contribution in [3.63, 3.8) is 0 Å². The van der Waals surface area contributed by atoms with E-state index in [1.54, 1.807) is 12.4 Å². The van der Waals surface area contributed by atoms with Gasteiger partial charge in [-0.25, -0.2) is 0 Å². The maximum absolute atomic E-state index is 12.6. The van der Waals surface area contributed by atoms with Crippen LogP contribution in [-0.4, -0.2) is 42.0 Å². The SMILES string of the molecule is CNC1CCCN(C(=O)c2ccc(Oc3cccnc3)cc2)C1.Cl.Cl. The number of ether oxygens (including phenoxy) is 1. The van der Waals surface area contributed by atoms with E-state index in [-0.39, 0.29) is 30.7 Å². The molecule has 0 spiro atoms. The quantitative estimate of drug-likeness (QED) is 0.876. The number of halogens is 2. The van der Waals surface area contributed by atoms with Gasteiger partial charge in [0.1, 0.15) is 11.5 Å². The van der Waals surface area contributed by atoms with E-state index in [0.717, 1.165) is 25.9 Å². The van der Waals surface area contributed by atoms with Crippen molar-refractivity contribution in [2.75, 3.05) is 20.1 Å². The number of rotatable bonds is 4. The predicted octanol–water partition coefficient (Wildman–Crippen LogP) is 3.54. The summed E-state index contributed by atoms with van der Waals surface area (Å²) in [5.41, 5.74) is 0.695. The molecule has 136 valence electrons. The predicted molar refractivity (Wildman–Crippen MR) is 103 cm³/mol. The van der Waals surface area contributed by atoms with Crippen molar-refractivity contribution in [3.05, 3.63) is 54.4 Å². The third kappa shape index (κ3) is 5.59. The summed E-state index contributed by atoms with van der Waals surface area (Å²) < 4.78 is 5.70. The van der Waals surface area contributed by atoms with E-state index < -0.39 is 0 Å². The van der Waals surface area contributed by atoms with Crippen LogP contribution in [0.2, 0.25) is 0 Å². The van der Waals surface area contributed by atoms with Crippen LogP contribution >= 0.6 is 24.8 Å². The zero-order chi connectivity index (χ0) is 16.1. The van der Waals surface area contributed by atoms with Gasteiger partial charge in [0.2, 0.25) is 0 Å². The fourth-order valence-corrected chi connectivity index (χ4v) is 2.79. The van der Waals surface area contributed by atoms with E-state index in [0.29, 0.717) is 23.1 Å². The number of likely N-dealkylation sites (N-methyl/N-ethyl adjacent to an activating group) is 1. The molecule has 0 radical (unpaired) electrons. The molecule has 1 aromatic carbocycles. The van der Waals surface area contributed by atoms with Crippen LogP contribution in [-0.2, 0) is 0 Å². The molecule has 0 bridgehead atoms. The Hall–Kier alpha value is -1.82. The number of pyridine rings is 1. The second-order valence-electron chi connectivity index (χ2n) is 5.69. The zero-order valence-corrected chi connectivity index (χ0v) is 15.7. The Morgan fingerprint density at radius 1 is 1.20 bits per heavy atom. The van der Waals surface area contributed by atoms with Gasteiger partial charge in [-0.3, -0.25) is 9.78 Å². The van der Waals surface area contributed by atoms with Crippen molar-refractivity contribution >= 4 is 30.7 Å². The molecule has 2 aromatic rings. The highest BCUT2D eigenvalue weighted by Gasteiger charge is 2.23.